The van der Waals surface area contributed by atoms with Gasteiger partial charge < -0.3 is 14.8 Å². The molecule has 9 heteroatoms. The highest BCUT2D eigenvalue weighted by Gasteiger charge is 2.26. The predicted molar refractivity (Wildman–Crippen MR) is 99.8 cm³/mol. The standard InChI is InChI=1S/C18H16Cl2N2O5/c1-21-18(25)22-17(24)16(11-5-3-2-4-6-11)27-15(23)10-26-14-8-7-12(19)9-13(14)20/h2-9,16H,10H2,1H3,(H2,21,22,24,25)/t16-/m1/s1. The number of benzene rings is 2. The van der Waals surface area contributed by atoms with E-state index in [4.69, 9.17) is 32.7 Å². The van der Waals surface area contributed by atoms with Crippen LogP contribution in [0.1, 0.15) is 11.7 Å². The van der Waals surface area contributed by atoms with E-state index in [-0.39, 0.29) is 10.8 Å². The molecule has 7 nitrogen and oxygen atoms in total. The van der Waals surface area contributed by atoms with E-state index in [0.29, 0.717) is 10.6 Å². The molecule has 2 aromatic carbocycles. The zero-order valence-electron chi connectivity index (χ0n) is 14.2. The van der Waals surface area contributed by atoms with Crippen LogP contribution >= 0.6 is 23.2 Å². The predicted octanol–water partition coefficient (Wildman–Crippen LogP) is 3.11. The van der Waals surface area contributed by atoms with Crippen molar-refractivity contribution in [1.82, 2.24) is 10.6 Å². The molecule has 2 rings (SSSR count). The monoisotopic (exact) mass is 410 g/mol. The summed E-state index contributed by atoms with van der Waals surface area (Å²) in [5, 5.41) is 4.98. The maximum atomic E-state index is 12.3. The lowest BCUT2D eigenvalue weighted by Gasteiger charge is -2.17. The molecule has 0 aliphatic rings. The molecular weight excluding hydrogens is 395 g/mol. The number of urea groups is 1. The number of rotatable bonds is 6. The molecule has 0 heterocycles. The van der Waals surface area contributed by atoms with Gasteiger partial charge in [0.25, 0.3) is 5.91 Å². The molecule has 0 aliphatic carbocycles. The minimum absolute atomic E-state index is 0.229. The van der Waals surface area contributed by atoms with Crippen LogP contribution in [0.25, 0.3) is 0 Å². The van der Waals surface area contributed by atoms with Crippen LogP contribution in [0.4, 0.5) is 4.79 Å². The highest BCUT2D eigenvalue weighted by Crippen LogP contribution is 2.27. The molecule has 0 unspecified atom stereocenters. The smallest absolute Gasteiger partial charge is 0.345 e. The van der Waals surface area contributed by atoms with Crippen LogP contribution in [0.15, 0.2) is 48.5 Å². The van der Waals surface area contributed by atoms with Crippen molar-refractivity contribution >= 4 is 41.1 Å². The molecule has 0 saturated heterocycles. The normalized spacial score (nSPS) is 11.2. The second kappa shape index (κ2) is 9.80. The van der Waals surface area contributed by atoms with Crippen LogP contribution in [0, 0.1) is 0 Å². The number of ether oxygens (including phenoxy) is 2. The Hall–Kier alpha value is -2.77. The van der Waals surface area contributed by atoms with Gasteiger partial charge in [-0.1, -0.05) is 53.5 Å². The summed E-state index contributed by atoms with van der Waals surface area (Å²) in [4.78, 5) is 35.8. The first-order valence-electron chi connectivity index (χ1n) is 7.75. The SMILES string of the molecule is CNC(=O)NC(=O)[C@H](OC(=O)COc1ccc(Cl)cc1Cl)c1ccccc1. The number of halogens is 2. The van der Waals surface area contributed by atoms with Crippen molar-refractivity contribution in [2.45, 2.75) is 6.10 Å². The van der Waals surface area contributed by atoms with Crippen LogP contribution in [0.2, 0.25) is 10.0 Å². The maximum absolute atomic E-state index is 12.3. The van der Waals surface area contributed by atoms with Gasteiger partial charge in [0.05, 0.1) is 5.02 Å². The largest absolute Gasteiger partial charge is 0.480 e. The quantitative estimate of drug-likeness (QED) is 0.713. The number of imide groups is 1. The summed E-state index contributed by atoms with van der Waals surface area (Å²) in [6.07, 6.45) is -1.32. The first kappa shape index (κ1) is 20.5. The molecule has 0 saturated carbocycles. The zero-order chi connectivity index (χ0) is 19.8. The lowest BCUT2D eigenvalue weighted by atomic mass is 10.1. The number of nitrogens with one attached hydrogen (secondary N) is 2. The number of hydrogen-bond donors (Lipinski definition) is 2. The van der Waals surface area contributed by atoms with Gasteiger partial charge in [0.15, 0.2) is 6.61 Å². The molecule has 2 N–H and O–H groups in total. The molecule has 27 heavy (non-hydrogen) atoms. The van der Waals surface area contributed by atoms with Crippen LogP contribution in [-0.2, 0) is 14.3 Å². The van der Waals surface area contributed by atoms with E-state index < -0.39 is 30.6 Å². The lowest BCUT2D eigenvalue weighted by Crippen LogP contribution is -2.41. The van der Waals surface area contributed by atoms with E-state index in [9.17, 15) is 14.4 Å². The number of carbonyl (C=O) groups is 3. The van der Waals surface area contributed by atoms with Gasteiger partial charge in [-0.3, -0.25) is 10.1 Å². The van der Waals surface area contributed by atoms with Gasteiger partial charge in [-0.05, 0) is 18.2 Å². The highest BCUT2D eigenvalue weighted by molar-refractivity contribution is 6.35. The van der Waals surface area contributed by atoms with Crippen LogP contribution in [0.3, 0.4) is 0 Å². The highest BCUT2D eigenvalue weighted by atomic mass is 35.5. The second-order valence-electron chi connectivity index (χ2n) is 5.21. The summed E-state index contributed by atoms with van der Waals surface area (Å²) < 4.78 is 10.5. The Kier molecular flexibility index (Phi) is 7.45. The molecule has 0 aromatic heterocycles. The van der Waals surface area contributed by atoms with Crippen molar-refractivity contribution in [3.8, 4) is 5.75 Å². The third kappa shape index (κ3) is 6.16. The van der Waals surface area contributed by atoms with Crippen LogP contribution in [0.5, 0.6) is 5.75 Å². The summed E-state index contributed by atoms with van der Waals surface area (Å²) in [6, 6.07) is 12.1. The topological polar surface area (TPSA) is 93.7 Å². The first-order chi connectivity index (χ1) is 12.9. The van der Waals surface area contributed by atoms with Gasteiger partial charge in [0, 0.05) is 17.6 Å². The van der Waals surface area contributed by atoms with Crippen molar-refractivity contribution in [3.63, 3.8) is 0 Å². The summed E-state index contributed by atoms with van der Waals surface area (Å²) in [7, 11) is 1.36. The Labute approximate surface area is 165 Å². The Morgan fingerprint density at radius 3 is 2.41 bits per heavy atom. The number of hydrogen-bond acceptors (Lipinski definition) is 5. The second-order valence-corrected chi connectivity index (χ2v) is 6.06. The fourth-order valence-electron chi connectivity index (χ4n) is 2.04. The van der Waals surface area contributed by atoms with Gasteiger partial charge >= 0.3 is 12.0 Å². The Bertz CT molecular complexity index is 830. The summed E-state index contributed by atoms with van der Waals surface area (Å²) >= 11 is 11.8. The Morgan fingerprint density at radius 1 is 1.07 bits per heavy atom. The van der Waals surface area contributed by atoms with E-state index in [1.165, 1.54) is 19.2 Å². The van der Waals surface area contributed by atoms with E-state index in [2.05, 4.69) is 10.6 Å². The summed E-state index contributed by atoms with van der Waals surface area (Å²) in [5.41, 5.74) is 0.400. The number of amides is 3. The van der Waals surface area contributed by atoms with Gasteiger partial charge in [-0.2, -0.15) is 0 Å². The van der Waals surface area contributed by atoms with Gasteiger partial charge in [0.2, 0.25) is 6.10 Å². The Morgan fingerprint density at radius 2 is 1.78 bits per heavy atom. The van der Waals surface area contributed by atoms with Crippen molar-refractivity contribution in [3.05, 3.63) is 64.1 Å². The molecule has 2 aromatic rings. The number of carbonyl (C=O) groups excluding carboxylic acids is 3. The van der Waals surface area contributed by atoms with Gasteiger partial charge in [-0.15, -0.1) is 0 Å². The van der Waals surface area contributed by atoms with Crippen molar-refractivity contribution in [2.24, 2.45) is 0 Å². The van der Waals surface area contributed by atoms with E-state index in [1.807, 2.05) is 0 Å². The molecule has 3 amide bonds. The molecule has 142 valence electrons. The molecule has 0 radical (unpaired) electrons. The average molecular weight is 411 g/mol. The minimum atomic E-state index is -1.32. The summed E-state index contributed by atoms with van der Waals surface area (Å²) in [5.74, 6) is -1.37. The van der Waals surface area contributed by atoms with E-state index in [1.54, 1.807) is 36.4 Å². The third-order valence-corrected chi connectivity index (χ3v) is 3.82. The van der Waals surface area contributed by atoms with Crippen LogP contribution < -0.4 is 15.4 Å². The fraction of sp³-hybridized carbons (Fsp3) is 0.167. The average Bonchev–Trinajstić information content (AvgIpc) is 2.65. The molecule has 0 aliphatic heterocycles. The molecule has 0 bridgehead atoms. The molecule has 0 spiro atoms. The van der Waals surface area contributed by atoms with E-state index >= 15 is 0 Å². The fourth-order valence-corrected chi connectivity index (χ4v) is 2.50. The van der Waals surface area contributed by atoms with Crippen molar-refractivity contribution in [1.29, 1.82) is 0 Å². The van der Waals surface area contributed by atoms with E-state index in [0.717, 1.165) is 0 Å². The molecular formula is C18H16Cl2N2O5. The Balaban J connectivity index is 2.06. The minimum Gasteiger partial charge on any atom is -0.480 e. The van der Waals surface area contributed by atoms with Crippen molar-refractivity contribution in [2.75, 3.05) is 13.7 Å². The zero-order valence-corrected chi connectivity index (χ0v) is 15.7. The lowest BCUT2D eigenvalue weighted by molar-refractivity contribution is -0.158. The summed E-state index contributed by atoms with van der Waals surface area (Å²) in [6.45, 7) is -0.488. The van der Waals surface area contributed by atoms with Crippen molar-refractivity contribution < 1.29 is 23.9 Å². The molecule has 1 atom stereocenters. The van der Waals surface area contributed by atoms with Gasteiger partial charge in [-0.25, -0.2) is 9.59 Å². The number of esters is 1. The molecule has 0 fully saturated rings. The third-order valence-electron chi connectivity index (χ3n) is 3.29. The first-order valence-corrected chi connectivity index (χ1v) is 8.51. The van der Waals surface area contributed by atoms with Crippen LogP contribution in [-0.4, -0.2) is 31.6 Å². The maximum Gasteiger partial charge on any atom is 0.345 e. The van der Waals surface area contributed by atoms with Gasteiger partial charge in [0.1, 0.15) is 5.75 Å².